The normalized spacial score (nSPS) is 10.9. The maximum atomic E-state index is 12.3. The van der Waals surface area contributed by atoms with E-state index in [1.807, 2.05) is 0 Å². The van der Waals surface area contributed by atoms with Crippen LogP contribution in [-0.2, 0) is 7.05 Å². The predicted octanol–water partition coefficient (Wildman–Crippen LogP) is 1.98. The molecule has 0 amide bonds. The maximum Gasteiger partial charge on any atom is 0.294 e. The molecule has 0 aliphatic heterocycles. The van der Waals surface area contributed by atoms with Crippen molar-refractivity contribution in [3.8, 4) is 11.3 Å². The third-order valence-corrected chi connectivity index (χ3v) is 4.09. The molecule has 0 aliphatic carbocycles. The molecule has 0 bridgehead atoms. The van der Waals surface area contributed by atoms with Crippen molar-refractivity contribution in [3.05, 3.63) is 75.6 Å². The molecule has 0 fully saturated rings. The lowest BCUT2D eigenvalue weighted by molar-refractivity contribution is -0.383. The second-order valence-electron chi connectivity index (χ2n) is 5.79. The van der Waals surface area contributed by atoms with Crippen LogP contribution >= 0.6 is 0 Å². The van der Waals surface area contributed by atoms with Crippen LogP contribution < -0.4 is 11.0 Å². The highest BCUT2D eigenvalue weighted by Gasteiger charge is 2.18. The molecule has 0 atom stereocenters. The van der Waals surface area contributed by atoms with Crippen LogP contribution in [-0.4, -0.2) is 29.6 Å². The molecule has 0 unspecified atom stereocenters. The minimum atomic E-state index is -0.486. The van der Waals surface area contributed by atoms with Gasteiger partial charge in [-0.3, -0.25) is 20.3 Å². The van der Waals surface area contributed by atoms with E-state index in [1.165, 1.54) is 28.1 Å². The Bertz CT molecular complexity index is 1220. The van der Waals surface area contributed by atoms with Gasteiger partial charge >= 0.3 is 0 Å². The molecule has 0 aliphatic rings. The number of aryl methyl sites for hydroxylation is 1. The largest absolute Gasteiger partial charge is 0.294 e. The Kier molecular flexibility index (Phi) is 3.84. The fourth-order valence-corrected chi connectivity index (χ4v) is 2.84. The van der Waals surface area contributed by atoms with Gasteiger partial charge in [0.05, 0.1) is 16.0 Å². The Labute approximate surface area is 151 Å². The van der Waals surface area contributed by atoms with Gasteiger partial charge < -0.3 is 0 Å². The summed E-state index contributed by atoms with van der Waals surface area (Å²) in [4.78, 5) is 23.4. The van der Waals surface area contributed by atoms with Crippen LogP contribution in [0.1, 0.15) is 0 Å². The smallest absolute Gasteiger partial charge is 0.285 e. The summed E-state index contributed by atoms with van der Waals surface area (Å²) in [6.07, 6.45) is 2.78. The van der Waals surface area contributed by atoms with Crippen molar-refractivity contribution < 1.29 is 4.92 Å². The molecule has 134 valence electrons. The van der Waals surface area contributed by atoms with Gasteiger partial charge in [0, 0.05) is 24.1 Å². The molecular weight excluding hydrogens is 350 g/mol. The van der Waals surface area contributed by atoms with Crippen LogP contribution in [0.2, 0.25) is 0 Å². The van der Waals surface area contributed by atoms with Gasteiger partial charge in [0.1, 0.15) is 18.3 Å². The highest BCUT2D eigenvalue weighted by Crippen LogP contribution is 2.32. The molecule has 10 nitrogen and oxygen atoms in total. The summed E-state index contributed by atoms with van der Waals surface area (Å²) in [6.45, 7) is 0. The SMILES string of the molecule is Cn1nc(-c2ccc(Nn3cnnc3)c([N+](=O)[O-])c2)c2ccccc2c1=O. The second-order valence-corrected chi connectivity index (χ2v) is 5.79. The number of hydrogen-bond donors (Lipinski definition) is 1. The summed E-state index contributed by atoms with van der Waals surface area (Å²) in [5.74, 6) is 0. The Balaban J connectivity index is 1.89. The van der Waals surface area contributed by atoms with Gasteiger partial charge in [-0.15, -0.1) is 10.2 Å². The number of rotatable bonds is 4. The summed E-state index contributed by atoms with van der Waals surface area (Å²) in [7, 11) is 1.55. The van der Waals surface area contributed by atoms with Gasteiger partial charge in [-0.2, -0.15) is 5.10 Å². The number of benzene rings is 2. The Morgan fingerprint density at radius 2 is 1.78 bits per heavy atom. The average Bonchev–Trinajstić information content (AvgIpc) is 3.18. The van der Waals surface area contributed by atoms with E-state index in [1.54, 1.807) is 43.4 Å². The highest BCUT2D eigenvalue weighted by atomic mass is 16.6. The first kappa shape index (κ1) is 16.4. The number of hydrogen-bond acceptors (Lipinski definition) is 7. The van der Waals surface area contributed by atoms with E-state index in [0.717, 1.165) is 0 Å². The van der Waals surface area contributed by atoms with Gasteiger partial charge in [-0.1, -0.05) is 24.3 Å². The molecule has 2 aromatic heterocycles. The highest BCUT2D eigenvalue weighted by molar-refractivity contribution is 5.94. The summed E-state index contributed by atoms with van der Waals surface area (Å²) in [5.41, 5.74) is 3.78. The zero-order valence-corrected chi connectivity index (χ0v) is 14.1. The summed E-state index contributed by atoms with van der Waals surface area (Å²) in [6, 6.07) is 11.7. The minimum absolute atomic E-state index is 0.138. The van der Waals surface area contributed by atoms with Crippen molar-refractivity contribution in [3.63, 3.8) is 0 Å². The molecule has 0 radical (unpaired) electrons. The van der Waals surface area contributed by atoms with E-state index in [9.17, 15) is 14.9 Å². The number of nitrogens with one attached hydrogen (secondary N) is 1. The van der Waals surface area contributed by atoms with Crippen molar-refractivity contribution in [2.45, 2.75) is 0 Å². The van der Waals surface area contributed by atoms with Gasteiger partial charge in [0.15, 0.2) is 0 Å². The molecule has 27 heavy (non-hydrogen) atoms. The summed E-state index contributed by atoms with van der Waals surface area (Å²) >= 11 is 0. The van der Waals surface area contributed by atoms with Gasteiger partial charge in [-0.05, 0) is 12.1 Å². The molecular formula is C17H13N7O3. The zero-order chi connectivity index (χ0) is 19.0. The van der Waals surface area contributed by atoms with Crippen LogP contribution in [0.15, 0.2) is 59.9 Å². The number of nitro groups is 1. The summed E-state index contributed by atoms with van der Waals surface area (Å²) in [5, 5.41) is 24.3. The van der Waals surface area contributed by atoms with Crippen molar-refractivity contribution in [1.29, 1.82) is 0 Å². The molecule has 1 N–H and O–H groups in total. The van der Waals surface area contributed by atoms with E-state index < -0.39 is 4.92 Å². The molecule has 4 rings (SSSR count). The Morgan fingerprint density at radius 3 is 2.48 bits per heavy atom. The van der Waals surface area contributed by atoms with E-state index in [-0.39, 0.29) is 16.9 Å². The van der Waals surface area contributed by atoms with E-state index in [0.29, 0.717) is 22.0 Å². The third-order valence-electron chi connectivity index (χ3n) is 4.09. The van der Waals surface area contributed by atoms with E-state index in [4.69, 9.17) is 0 Å². The van der Waals surface area contributed by atoms with Gasteiger partial charge in [0.25, 0.3) is 11.2 Å². The van der Waals surface area contributed by atoms with Crippen LogP contribution in [0.3, 0.4) is 0 Å². The van der Waals surface area contributed by atoms with Crippen molar-refractivity contribution in [1.82, 2.24) is 24.7 Å². The minimum Gasteiger partial charge on any atom is -0.285 e. The van der Waals surface area contributed by atoms with Crippen molar-refractivity contribution in [2.75, 3.05) is 5.43 Å². The fourth-order valence-electron chi connectivity index (χ4n) is 2.84. The quantitative estimate of drug-likeness (QED) is 0.434. The Morgan fingerprint density at radius 1 is 1.07 bits per heavy atom. The first-order valence-corrected chi connectivity index (χ1v) is 7.91. The monoisotopic (exact) mass is 363 g/mol. The topological polar surface area (TPSA) is 121 Å². The standard InChI is InChI=1S/C17H13N7O3/c1-22-17(25)13-5-3-2-4-12(13)16(21-22)11-6-7-14(15(8-11)24(26)27)20-23-9-18-19-10-23/h2-10,20H,1H3. The average molecular weight is 363 g/mol. The number of aromatic nitrogens is 5. The number of fused-ring (bicyclic) bond motifs is 1. The fraction of sp³-hybridized carbons (Fsp3) is 0.0588. The van der Waals surface area contributed by atoms with Gasteiger partial charge in [-0.25, -0.2) is 9.36 Å². The molecule has 10 heteroatoms. The van der Waals surface area contributed by atoms with Crippen LogP contribution in [0, 0.1) is 10.1 Å². The number of anilines is 1. The number of nitro benzene ring substituents is 1. The third kappa shape index (κ3) is 2.88. The lowest BCUT2D eigenvalue weighted by atomic mass is 10.0. The maximum absolute atomic E-state index is 12.3. The molecule has 0 saturated heterocycles. The predicted molar refractivity (Wildman–Crippen MR) is 98.1 cm³/mol. The van der Waals surface area contributed by atoms with E-state index in [2.05, 4.69) is 20.7 Å². The van der Waals surface area contributed by atoms with Crippen molar-refractivity contribution >= 4 is 22.1 Å². The summed E-state index contributed by atoms with van der Waals surface area (Å²) < 4.78 is 2.63. The van der Waals surface area contributed by atoms with Crippen LogP contribution in [0.25, 0.3) is 22.0 Å². The number of nitrogens with zero attached hydrogens (tertiary/aromatic N) is 6. The first-order chi connectivity index (χ1) is 13.0. The van der Waals surface area contributed by atoms with E-state index >= 15 is 0 Å². The molecule has 0 spiro atoms. The molecule has 2 aromatic carbocycles. The Hall–Kier alpha value is -4.08. The van der Waals surface area contributed by atoms with Gasteiger partial charge in [0.2, 0.25) is 0 Å². The van der Waals surface area contributed by atoms with Crippen LogP contribution in [0.5, 0.6) is 0 Å². The zero-order valence-electron chi connectivity index (χ0n) is 14.1. The molecule has 0 saturated carbocycles. The lowest BCUT2D eigenvalue weighted by Gasteiger charge is -2.11. The van der Waals surface area contributed by atoms with Crippen molar-refractivity contribution in [2.24, 2.45) is 7.05 Å². The lowest BCUT2D eigenvalue weighted by Crippen LogP contribution is -2.20. The molecule has 2 heterocycles. The first-order valence-electron chi connectivity index (χ1n) is 7.91. The second kappa shape index (κ2) is 6.33. The van der Waals surface area contributed by atoms with Crippen LogP contribution in [0.4, 0.5) is 11.4 Å². The molecule has 4 aromatic rings.